The number of rotatable bonds is 6. The zero-order chi connectivity index (χ0) is 20.9. The van der Waals surface area contributed by atoms with Crippen LogP contribution >= 0.6 is 0 Å². The second kappa shape index (κ2) is 9.05. The quantitative estimate of drug-likeness (QED) is 0.545. The molecule has 150 valence electrons. The number of nitrogens with zero attached hydrogens (tertiary/aromatic N) is 4. The van der Waals surface area contributed by atoms with Crippen LogP contribution in [0, 0.1) is 11.3 Å². The van der Waals surface area contributed by atoms with Crippen molar-refractivity contribution < 1.29 is 10.0 Å². The summed E-state index contributed by atoms with van der Waals surface area (Å²) >= 11 is 0. The number of nitriles is 1. The van der Waals surface area contributed by atoms with Gasteiger partial charge in [-0.05, 0) is 54.7 Å². The van der Waals surface area contributed by atoms with E-state index >= 15 is 0 Å². The first-order valence-electron chi connectivity index (χ1n) is 9.91. The molecule has 3 aromatic rings. The minimum absolute atomic E-state index is 0.202. The van der Waals surface area contributed by atoms with Crippen LogP contribution in [0.1, 0.15) is 35.8 Å². The standard InChI is InChI=1S/C22H22BN5O2/c24-13-18-9-10-19(14-25-18)26-22-8-2-6-20(27-22)21-7-3-11-28(21)15-16-4-1-5-17(12-16)23(29)30/h1-2,4-6,8-10,12,14,21,29-30H,3,7,11,15H2,(H,26,27). The summed E-state index contributed by atoms with van der Waals surface area (Å²) < 4.78 is 0. The lowest BCUT2D eigenvalue weighted by atomic mass is 9.79. The Morgan fingerprint density at radius 1 is 1.17 bits per heavy atom. The lowest BCUT2D eigenvalue weighted by molar-refractivity contribution is 0.244. The third-order valence-electron chi connectivity index (χ3n) is 5.26. The molecule has 0 spiro atoms. The predicted molar refractivity (Wildman–Crippen MR) is 115 cm³/mol. The Kier molecular flexibility index (Phi) is 6.05. The number of hydrogen-bond acceptors (Lipinski definition) is 7. The van der Waals surface area contributed by atoms with Crippen LogP contribution in [-0.4, -0.2) is 38.6 Å². The molecule has 1 unspecified atom stereocenters. The van der Waals surface area contributed by atoms with Crippen LogP contribution in [0.15, 0.2) is 60.8 Å². The molecule has 8 heteroatoms. The van der Waals surface area contributed by atoms with E-state index in [0.29, 0.717) is 11.2 Å². The highest BCUT2D eigenvalue weighted by Gasteiger charge is 2.27. The van der Waals surface area contributed by atoms with E-state index in [1.807, 2.05) is 48.5 Å². The van der Waals surface area contributed by atoms with Gasteiger partial charge in [0, 0.05) is 6.54 Å². The van der Waals surface area contributed by atoms with E-state index < -0.39 is 7.12 Å². The molecule has 1 fully saturated rings. The van der Waals surface area contributed by atoms with Gasteiger partial charge < -0.3 is 15.4 Å². The van der Waals surface area contributed by atoms with Crippen molar-refractivity contribution in [1.29, 1.82) is 5.26 Å². The van der Waals surface area contributed by atoms with Crippen molar-refractivity contribution >= 4 is 24.1 Å². The molecule has 4 rings (SSSR count). The summed E-state index contributed by atoms with van der Waals surface area (Å²) in [6.07, 6.45) is 3.74. The highest BCUT2D eigenvalue weighted by Crippen LogP contribution is 2.32. The molecule has 3 heterocycles. The minimum Gasteiger partial charge on any atom is -0.423 e. The van der Waals surface area contributed by atoms with Crippen LogP contribution in [-0.2, 0) is 6.54 Å². The predicted octanol–water partition coefficient (Wildman–Crippen LogP) is 2.11. The maximum Gasteiger partial charge on any atom is 0.488 e. The molecule has 1 aromatic carbocycles. The molecule has 7 nitrogen and oxygen atoms in total. The lowest BCUT2D eigenvalue weighted by Crippen LogP contribution is -2.31. The Hall–Kier alpha value is -3.25. The average Bonchev–Trinajstić information content (AvgIpc) is 3.23. The van der Waals surface area contributed by atoms with Gasteiger partial charge in [-0.2, -0.15) is 5.26 Å². The molecule has 2 aromatic heterocycles. The van der Waals surface area contributed by atoms with Gasteiger partial charge in [-0.25, -0.2) is 9.97 Å². The molecule has 0 aliphatic carbocycles. The maximum atomic E-state index is 9.42. The van der Waals surface area contributed by atoms with Crippen LogP contribution in [0.5, 0.6) is 0 Å². The minimum atomic E-state index is -1.46. The van der Waals surface area contributed by atoms with Gasteiger partial charge in [0.25, 0.3) is 0 Å². The number of likely N-dealkylation sites (tertiary alicyclic amines) is 1. The smallest absolute Gasteiger partial charge is 0.423 e. The second-order valence-corrected chi connectivity index (χ2v) is 7.36. The normalized spacial score (nSPS) is 16.2. The summed E-state index contributed by atoms with van der Waals surface area (Å²) in [4.78, 5) is 11.3. The van der Waals surface area contributed by atoms with Gasteiger partial charge in [0.1, 0.15) is 17.6 Å². The zero-order valence-corrected chi connectivity index (χ0v) is 16.4. The van der Waals surface area contributed by atoms with Crippen LogP contribution in [0.25, 0.3) is 0 Å². The number of anilines is 2. The molecule has 0 bridgehead atoms. The Labute approximate surface area is 175 Å². The summed E-state index contributed by atoms with van der Waals surface area (Å²) in [5.74, 6) is 0.733. The van der Waals surface area contributed by atoms with Gasteiger partial charge in [-0.1, -0.05) is 30.3 Å². The van der Waals surface area contributed by atoms with Gasteiger partial charge in [0.2, 0.25) is 0 Å². The first-order valence-corrected chi connectivity index (χ1v) is 9.91. The van der Waals surface area contributed by atoms with Gasteiger partial charge in [0.05, 0.1) is 23.6 Å². The van der Waals surface area contributed by atoms with E-state index in [2.05, 4.69) is 15.2 Å². The molecule has 1 atom stereocenters. The van der Waals surface area contributed by atoms with Gasteiger partial charge in [-0.15, -0.1) is 0 Å². The van der Waals surface area contributed by atoms with Crippen molar-refractivity contribution in [3.8, 4) is 6.07 Å². The average molecular weight is 399 g/mol. The third kappa shape index (κ3) is 4.66. The molecule has 1 aliphatic heterocycles. The Morgan fingerprint density at radius 3 is 2.80 bits per heavy atom. The largest absolute Gasteiger partial charge is 0.488 e. The summed E-state index contributed by atoms with van der Waals surface area (Å²) in [7, 11) is -1.46. The van der Waals surface area contributed by atoms with Crippen molar-refractivity contribution in [1.82, 2.24) is 14.9 Å². The van der Waals surface area contributed by atoms with Gasteiger partial charge in [-0.3, -0.25) is 4.90 Å². The number of hydrogen-bond donors (Lipinski definition) is 3. The van der Waals surface area contributed by atoms with E-state index in [4.69, 9.17) is 10.2 Å². The van der Waals surface area contributed by atoms with E-state index in [0.717, 1.165) is 48.7 Å². The molecule has 0 amide bonds. The molecule has 1 aliphatic rings. The second-order valence-electron chi connectivity index (χ2n) is 7.36. The number of pyridine rings is 2. The number of nitrogens with one attached hydrogen (secondary N) is 1. The first-order chi connectivity index (χ1) is 14.6. The maximum absolute atomic E-state index is 9.42. The van der Waals surface area contributed by atoms with E-state index in [1.54, 1.807) is 18.3 Å². The molecule has 30 heavy (non-hydrogen) atoms. The fraction of sp³-hybridized carbons (Fsp3) is 0.227. The molecular formula is C22H22BN5O2. The molecule has 0 radical (unpaired) electrons. The van der Waals surface area contributed by atoms with Crippen molar-refractivity contribution in [2.75, 3.05) is 11.9 Å². The topological polar surface area (TPSA) is 105 Å². The van der Waals surface area contributed by atoms with E-state index in [-0.39, 0.29) is 6.04 Å². The summed E-state index contributed by atoms with van der Waals surface area (Å²) in [6, 6.07) is 19.0. The van der Waals surface area contributed by atoms with E-state index in [9.17, 15) is 10.0 Å². The SMILES string of the molecule is N#Cc1ccc(Nc2cccc(C3CCCN3Cc3cccc(B(O)O)c3)n2)cn1. The fourth-order valence-corrected chi connectivity index (χ4v) is 3.83. The number of aromatic nitrogens is 2. The number of benzene rings is 1. The molecule has 3 N–H and O–H groups in total. The Bertz CT molecular complexity index is 1050. The van der Waals surface area contributed by atoms with E-state index in [1.165, 1.54) is 0 Å². The van der Waals surface area contributed by atoms with Crippen molar-refractivity contribution in [2.45, 2.75) is 25.4 Å². The van der Waals surface area contributed by atoms with Crippen molar-refractivity contribution in [3.63, 3.8) is 0 Å². The summed E-state index contributed by atoms with van der Waals surface area (Å²) in [5, 5.41) is 31.0. The monoisotopic (exact) mass is 399 g/mol. The van der Waals surface area contributed by atoms with Crippen molar-refractivity contribution in [3.05, 3.63) is 77.7 Å². The van der Waals surface area contributed by atoms with Crippen LogP contribution in [0.3, 0.4) is 0 Å². The fourth-order valence-electron chi connectivity index (χ4n) is 3.83. The van der Waals surface area contributed by atoms with Gasteiger partial charge in [0.15, 0.2) is 0 Å². The lowest BCUT2D eigenvalue weighted by Gasteiger charge is -2.24. The Morgan fingerprint density at radius 2 is 2.03 bits per heavy atom. The molecule has 1 saturated heterocycles. The summed E-state index contributed by atoms with van der Waals surface area (Å²) in [6.45, 7) is 1.69. The third-order valence-corrected chi connectivity index (χ3v) is 5.26. The first kappa shape index (κ1) is 20.0. The van der Waals surface area contributed by atoms with Gasteiger partial charge >= 0.3 is 7.12 Å². The zero-order valence-electron chi connectivity index (χ0n) is 16.4. The Balaban J connectivity index is 1.49. The van der Waals surface area contributed by atoms with Crippen LogP contribution in [0.4, 0.5) is 11.5 Å². The molecular weight excluding hydrogens is 377 g/mol. The van der Waals surface area contributed by atoms with Crippen LogP contribution < -0.4 is 10.8 Å². The molecule has 0 saturated carbocycles. The van der Waals surface area contributed by atoms with Crippen LogP contribution in [0.2, 0.25) is 0 Å². The highest BCUT2D eigenvalue weighted by atomic mass is 16.4. The summed E-state index contributed by atoms with van der Waals surface area (Å²) in [5.41, 5.74) is 3.70. The van der Waals surface area contributed by atoms with Crippen molar-refractivity contribution in [2.24, 2.45) is 0 Å². The highest BCUT2D eigenvalue weighted by molar-refractivity contribution is 6.58.